The molecule has 0 atom stereocenters. The highest BCUT2D eigenvalue weighted by Gasteiger charge is 2.35. The Balaban J connectivity index is 2.15. The molecule has 0 saturated carbocycles. The standard InChI is InChI=1S/C20H21NO/c1-13-9-11-15(12-10-13)19(22)18-14(2)16-7-5-6-8-17(16)21-20(18,3)4/h5-12,21H,1-4H3. The molecule has 112 valence electrons. The molecule has 0 aliphatic carbocycles. The summed E-state index contributed by atoms with van der Waals surface area (Å²) in [6.07, 6.45) is 0. The summed E-state index contributed by atoms with van der Waals surface area (Å²) < 4.78 is 0. The van der Waals surface area contributed by atoms with Gasteiger partial charge >= 0.3 is 0 Å². The van der Waals surface area contributed by atoms with Crippen molar-refractivity contribution < 1.29 is 4.79 Å². The van der Waals surface area contributed by atoms with Crippen LogP contribution in [0.4, 0.5) is 5.69 Å². The second-order valence-corrected chi connectivity index (χ2v) is 6.49. The van der Waals surface area contributed by atoms with Crippen molar-refractivity contribution in [2.45, 2.75) is 33.2 Å². The number of para-hydroxylation sites is 1. The van der Waals surface area contributed by atoms with Crippen molar-refractivity contribution in [2.75, 3.05) is 5.32 Å². The molecule has 0 fully saturated rings. The van der Waals surface area contributed by atoms with Crippen LogP contribution in [-0.2, 0) is 0 Å². The zero-order valence-electron chi connectivity index (χ0n) is 13.5. The number of carbonyl (C=O) groups excluding carboxylic acids is 1. The third-order valence-corrected chi connectivity index (χ3v) is 4.32. The van der Waals surface area contributed by atoms with Gasteiger partial charge in [0.15, 0.2) is 5.78 Å². The summed E-state index contributed by atoms with van der Waals surface area (Å²) in [5, 5.41) is 3.50. The number of anilines is 1. The van der Waals surface area contributed by atoms with Gasteiger partial charge in [0.1, 0.15) is 0 Å². The minimum absolute atomic E-state index is 0.101. The average Bonchev–Trinajstić information content (AvgIpc) is 2.47. The molecular formula is C20H21NO. The molecule has 0 saturated heterocycles. The minimum atomic E-state index is -0.388. The first-order chi connectivity index (χ1) is 10.4. The summed E-state index contributed by atoms with van der Waals surface area (Å²) in [5.74, 6) is 0.101. The Morgan fingerprint density at radius 1 is 0.955 bits per heavy atom. The number of rotatable bonds is 2. The first-order valence-corrected chi connectivity index (χ1v) is 7.60. The second kappa shape index (κ2) is 5.13. The highest BCUT2D eigenvalue weighted by molar-refractivity contribution is 6.16. The number of hydrogen-bond acceptors (Lipinski definition) is 2. The molecule has 0 amide bonds. The Bertz CT molecular complexity index is 767. The van der Waals surface area contributed by atoms with Gasteiger partial charge in [-0.05, 0) is 39.3 Å². The summed E-state index contributed by atoms with van der Waals surface area (Å²) in [4.78, 5) is 13.0. The quantitative estimate of drug-likeness (QED) is 0.801. The van der Waals surface area contributed by atoms with E-state index in [9.17, 15) is 4.79 Å². The highest BCUT2D eigenvalue weighted by Crippen LogP contribution is 2.39. The summed E-state index contributed by atoms with van der Waals surface area (Å²) in [5.41, 5.74) is 5.62. The summed E-state index contributed by atoms with van der Waals surface area (Å²) in [6, 6.07) is 15.9. The molecule has 0 aromatic heterocycles. The van der Waals surface area contributed by atoms with Gasteiger partial charge in [0, 0.05) is 22.4 Å². The van der Waals surface area contributed by atoms with Crippen LogP contribution < -0.4 is 5.32 Å². The molecule has 0 spiro atoms. The average molecular weight is 291 g/mol. The normalized spacial score (nSPS) is 16.0. The van der Waals surface area contributed by atoms with Crippen molar-refractivity contribution in [2.24, 2.45) is 0 Å². The third kappa shape index (κ3) is 2.35. The van der Waals surface area contributed by atoms with Crippen LogP contribution in [0, 0.1) is 6.92 Å². The van der Waals surface area contributed by atoms with E-state index in [0.29, 0.717) is 0 Å². The molecule has 1 aliphatic rings. The zero-order valence-corrected chi connectivity index (χ0v) is 13.5. The van der Waals surface area contributed by atoms with Crippen LogP contribution in [0.3, 0.4) is 0 Å². The van der Waals surface area contributed by atoms with Crippen LogP contribution in [-0.4, -0.2) is 11.3 Å². The number of nitrogens with one attached hydrogen (secondary N) is 1. The summed E-state index contributed by atoms with van der Waals surface area (Å²) >= 11 is 0. The molecule has 0 bridgehead atoms. The molecule has 2 aromatic carbocycles. The molecule has 1 heterocycles. The SMILES string of the molecule is CC1=C(C(=O)c2ccc(C)cc2)C(C)(C)Nc2ccccc21. The van der Waals surface area contributed by atoms with E-state index in [4.69, 9.17) is 0 Å². The first kappa shape index (κ1) is 14.6. The van der Waals surface area contributed by atoms with Gasteiger partial charge in [-0.1, -0.05) is 48.0 Å². The van der Waals surface area contributed by atoms with Gasteiger partial charge in [0.05, 0.1) is 5.54 Å². The lowest BCUT2D eigenvalue weighted by Crippen LogP contribution is -2.40. The molecule has 2 aromatic rings. The largest absolute Gasteiger partial charge is 0.375 e. The Morgan fingerprint density at radius 2 is 1.59 bits per heavy atom. The number of benzene rings is 2. The smallest absolute Gasteiger partial charge is 0.191 e. The Hall–Kier alpha value is -2.35. The van der Waals surface area contributed by atoms with E-state index in [1.807, 2.05) is 50.2 Å². The molecule has 0 unspecified atom stereocenters. The molecule has 3 rings (SSSR count). The van der Waals surface area contributed by atoms with Gasteiger partial charge < -0.3 is 5.32 Å². The minimum Gasteiger partial charge on any atom is -0.375 e. The molecule has 1 N–H and O–H groups in total. The maximum Gasteiger partial charge on any atom is 0.191 e. The van der Waals surface area contributed by atoms with Crippen LogP contribution in [0.1, 0.15) is 42.3 Å². The summed E-state index contributed by atoms with van der Waals surface area (Å²) in [6.45, 7) is 8.20. The van der Waals surface area contributed by atoms with Gasteiger partial charge in [0.25, 0.3) is 0 Å². The Kier molecular flexibility index (Phi) is 3.40. The molecular weight excluding hydrogens is 270 g/mol. The maximum absolute atomic E-state index is 13.0. The maximum atomic E-state index is 13.0. The van der Waals surface area contributed by atoms with Gasteiger partial charge in [-0.3, -0.25) is 4.79 Å². The van der Waals surface area contributed by atoms with Gasteiger partial charge in [0.2, 0.25) is 0 Å². The van der Waals surface area contributed by atoms with Gasteiger partial charge in [-0.15, -0.1) is 0 Å². The Labute approximate surface area is 131 Å². The summed E-state index contributed by atoms with van der Waals surface area (Å²) in [7, 11) is 0. The van der Waals surface area contributed by atoms with Gasteiger partial charge in [-0.2, -0.15) is 0 Å². The van der Waals surface area contributed by atoms with Crippen molar-refractivity contribution in [3.8, 4) is 0 Å². The Morgan fingerprint density at radius 3 is 2.27 bits per heavy atom. The van der Waals surface area contributed by atoms with Crippen LogP contribution in [0.25, 0.3) is 5.57 Å². The van der Waals surface area contributed by atoms with Crippen LogP contribution in [0.2, 0.25) is 0 Å². The lowest BCUT2D eigenvalue weighted by Gasteiger charge is -2.37. The molecule has 1 aliphatic heterocycles. The first-order valence-electron chi connectivity index (χ1n) is 7.60. The van der Waals surface area contributed by atoms with Crippen molar-refractivity contribution in [1.29, 1.82) is 0 Å². The van der Waals surface area contributed by atoms with Crippen LogP contribution in [0.5, 0.6) is 0 Å². The topological polar surface area (TPSA) is 29.1 Å². The van der Waals surface area contributed by atoms with E-state index >= 15 is 0 Å². The fourth-order valence-corrected chi connectivity index (χ4v) is 3.23. The molecule has 22 heavy (non-hydrogen) atoms. The second-order valence-electron chi connectivity index (χ2n) is 6.49. The van der Waals surface area contributed by atoms with Crippen LogP contribution in [0.15, 0.2) is 54.1 Å². The van der Waals surface area contributed by atoms with Crippen molar-refractivity contribution in [1.82, 2.24) is 0 Å². The number of aryl methyl sites for hydroxylation is 1. The van der Waals surface area contributed by atoms with Crippen molar-refractivity contribution in [3.05, 3.63) is 70.8 Å². The highest BCUT2D eigenvalue weighted by atomic mass is 16.1. The van der Waals surface area contributed by atoms with E-state index in [0.717, 1.165) is 33.5 Å². The fourth-order valence-electron chi connectivity index (χ4n) is 3.23. The molecule has 0 radical (unpaired) electrons. The predicted molar refractivity (Wildman–Crippen MR) is 92.2 cm³/mol. The lowest BCUT2D eigenvalue weighted by molar-refractivity contribution is 0.102. The molecule has 2 nitrogen and oxygen atoms in total. The lowest BCUT2D eigenvalue weighted by atomic mass is 9.79. The predicted octanol–water partition coefficient (Wildman–Crippen LogP) is 4.86. The van der Waals surface area contributed by atoms with Crippen molar-refractivity contribution >= 4 is 17.0 Å². The number of ketones is 1. The van der Waals surface area contributed by atoms with Gasteiger partial charge in [-0.25, -0.2) is 0 Å². The number of hydrogen-bond donors (Lipinski definition) is 1. The van der Waals surface area contributed by atoms with Crippen LogP contribution >= 0.6 is 0 Å². The third-order valence-electron chi connectivity index (χ3n) is 4.32. The number of allylic oxidation sites excluding steroid dienone is 1. The number of fused-ring (bicyclic) bond motifs is 1. The zero-order chi connectivity index (χ0) is 15.9. The van der Waals surface area contributed by atoms with Crippen molar-refractivity contribution in [3.63, 3.8) is 0 Å². The fraction of sp³-hybridized carbons (Fsp3) is 0.250. The van der Waals surface area contributed by atoms with E-state index in [-0.39, 0.29) is 11.3 Å². The monoisotopic (exact) mass is 291 g/mol. The van der Waals surface area contributed by atoms with E-state index in [2.05, 4.69) is 31.3 Å². The molecule has 2 heteroatoms. The number of carbonyl (C=O) groups is 1. The van der Waals surface area contributed by atoms with E-state index in [1.54, 1.807) is 0 Å². The van der Waals surface area contributed by atoms with E-state index in [1.165, 1.54) is 0 Å². The number of Topliss-reactive ketones (excluding diaryl/α,β-unsaturated/α-hetero) is 1. The van der Waals surface area contributed by atoms with E-state index < -0.39 is 0 Å².